The number of amides is 1. The molecule has 1 N–H and O–H groups in total. The van der Waals surface area contributed by atoms with Gasteiger partial charge in [-0.2, -0.15) is 18.3 Å². The summed E-state index contributed by atoms with van der Waals surface area (Å²) in [7, 11) is 3.08. The number of halogens is 3. The van der Waals surface area contributed by atoms with E-state index in [4.69, 9.17) is 23.7 Å². The number of hydrogen-bond acceptors (Lipinski definition) is 8. The molecule has 0 bridgehead atoms. The van der Waals surface area contributed by atoms with Gasteiger partial charge in [-0.3, -0.25) is 14.5 Å². The van der Waals surface area contributed by atoms with Crippen molar-refractivity contribution in [3.05, 3.63) is 60.0 Å². The fraction of sp³-hybridized carbons (Fsp3) is 0.345. The number of anilines is 1. The van der Waals surface area contributed by atoms with E-state index in [1.807, 2.05) is 0 Å². The molecule has 0 unspecified atom stereocenters. The lowest BCUT2D eigenvalue weighted by Gasteiger charge is -2.14. The number of benzene rings is 2. The number of aromatic nitrogens is 3. The summed E-state index contributed by atoms with van der Waals surface area (Å²) < 4.78 is 67.2. The van der Waals surface area contributed by atoms with Crippen LogP contribution in [0.5, 0.6) is 28.7 Å². The largest absolute Gasteiger partial charge is 0.493 e. The van der Waals surface area contributed by atoms with Gasteiger partial charge >= 0.3 is 6.18 Å². The predicted molar refractivity (Wildman–Crippen MR) is 147 cm³/mol. The van der Waals surface area contributed by atoms with Crippen LogP contribution in [-0.2, 0) is 11.3 Å². The second kappa shape index (κ2) is 12.1. The lowest BCUT2D eigenvalue weighted by molar-refractivity contribution is -0.153. The molecular formula is C29H29F3N4O6. The highest BCUT2D eigenvalue weighted by Crippen LogP contribution is 2.38. The third kappa shape index (κ3) is 7.03. The Morgan fingerprint density at radius 1 is 1.02 bits per heavy atom. The first-order valence-corrected chi connectivity index (χ1v) is 13.1. The number of nitrogens with zero attached hydrogens (tertiary/aromatic N) is 3. The van der Waals surface area contributed by atoms with Crippen molar-refractivity contribution in [1.29, 1.82) is 0 Å². The van der Waals surface area contributed by atoms with Crippen molar-refractivity contribution in [2.45, 2.75) is 38.6 Å². The number of pyridine rings is 1. The lowest BCUT2D eigenvalue weighted by atomic mass is 10.1. The van der Waals surface area contributed by atoms with Crippen LogP contribution in [0, 0.1) is 6.92 Å². The number of hydrogen-bond donors (Lipinski definition) is 1. The fourth-order valence-electron chi connectivity index (χ4n) is 4.17. The zero-order chi connectivity index (χ0) is 29.9. The van der Waals surface area contributed by atoms with Crippen molar-refractivity contribution in [3.8, 4) is 28.7 Å². The Morgan fingerprint density at radius 3 is 2.48 bits per heavy atom. The lowest BCUT2D eigenvalue weighted by Crippen LogP contribution is -2.21. The topological polar surface area (TPSA) is 106 Å². The van der Waals surface area contributed by atoms with Crippen LogP contribution in [0.15, 0.2) is 48.8 Å². The molecule has 1 fully saturated rings. The van der Waals surface area contributed by atoms with Crippen LogP contribution >= 0.6 is 0 Å². The van der Waals surface area contributed by atoms with Gasteiger partial charge in [0.1, 0.15) is 11.5 Å². The second-order valence-electron chi connectivity index (χ2n) is 9.65. The van der Waals surface area contributed by atoms with E-state index in [1.54, 1.807) is 56.6 Å². The summed E-state index contributed by atoms with van der Waals surface area (Å²) in [6, 6.07) is 10.2. The van der Waals surface area contributed by atoms with Gasteiger partial charge in [0.2, 0.25) is 0 Å². The summed E-state index contributed by atoms with van der Waals surface area (Å²) in [5.41, 5.74) is 1.46. The minimum absolute atomic E-state index is 0.211. The minimum Gasteiger partial charge on any atom is -0.493 e. The van der Waals surface area contributed by atoms with Crippen molar-refractivity contribution in [1.82, 2.24) is 14.8 Å². The van der Waals surface area contributed by atoms with Crippen molar-refractivity contribution in [2.24, 2.45) is 0 Å². The van der Waals surface area contributed by atoms with Gasteiger partial charge < -0.3 is 29.0 Å². The smallest absolute Gasteiger partial charge is 0.422 e. The van der Waals surface area contributed by atoms with Crippen LogP contribution in [0.25, 0.3) is 10.9 Å². The maximum Gasteiger partial charge on any atom is 0.422 e. The Morgan fingerprint density at radius 2 is 1.79 bits per heavy atom. The van der Waals surface area contributed by atoms with Crippen molar-refractivity contribution < 1.29 is 41.7 Å². The first-order chi connectivity index (χ1) is 20.1. The maximum atomic E-state index is 13.1. The van der Waals surface area contributed by atoms with Crippen LogP contribution < -0.4 is 24.3 Å². The van der Waals surface area contributed by atoms with Gasteiger partial charge in [-0.1, -0.05) is 0 Å². The van der Waals surface area contributed by atoms with Crippen LogP contribution in [0.3, 0.4) is 0 Å². The second-order valence-corrected chi connectivity index (χ2v) is 9.65. The number of nitrogens with one attached hydrogen (secondary N) is 1. The summed E-state index contributed by atoms with van der Waals surface area (Å²) in [6.07, 6.45) is 0.488. The Labute approximate surface area is 239 Å². The Kier molecular flexibility index (Phi) is 8.39. The van der Waals surface area contributed by atoms with Gasteiger partial charge in [-0.05, 0) is 55.7 Å². The van der Waals surface area contributed by atoms with Gasteiger partial charge in [0, 0.05) is 23.3 Å². The zero-order valence-electron chi connectivity index (χ0n) is 23.2. The first kappa shape index (κ1) is 29.0. The highest BCUT2D eigenvalue weighted by atomic mass is 19.4. The fourth-order valence-corrected chi connectivity index (χ4v) is 4.17. The number of aryl methyl sites for hydroxylation is 1. The van der Waals surface area contributed by atoms with Crippen LogP contribution in [0.4, 0.5) is 18.9 Å². The summed E-state index contributed by atoms with van der Waals surface area (Å²) >= 11 is 0. The zero-order valence-corrected chi connectivity index (χ0v) is 23.2. The summed E-state index contributed by atoms with van der Waals surface area (Å²) in [5, 5.41) is 7.54. The molecule has 2 aromatic carbocycles. The Balaban J connectivity index is 1.32. The van der Waals surface area contributed by atoms with E-state index in [2.05, 4.69) is 15.4 Å². The van der Waals surface area contributed by atoms with Crippen molar-refractivity contribution in [3.63, 3.8) is 0 Å². The highest BCUT2D eigenvalue weighted by Gasteiger charge is 2.30. The molecule has 4 aromatic rings. The molecule has 2 heterocycles. The molecule has 1 saturated carbocycles. The molecule has 0 radical (unpaired) electrons. The Bertz CT molecular complexity index is 1590. The van der Waals surface area contributed by atoms with E-state index in [-0.39, 0.29) is 24.1 Å². The monoisotopic (exact) mass is 586 g/mol. The summed E-state index contributed by atoms with van der Waals surface area (Å²) in [5.74, 6) is 1.11. The third-order valence-corrected chi connectivity index (χ3v) is 6.39. The van der Waals surface area contributed by atoms with Gasteiger partial charge in [0.15, 0.2) is 29.5 Å². The number of methoxy groups -OCH3 is 2. The molecule has 1 aliphatic rings. The standard InChI is InChI=1S/C29H29F3N4O6/c1-17-12-18(4-7-22(17)42-23-8-9-33-21-14-25(39-3)24(38-2)13-20(21)23)34-28(37)27-26(41-16-29(30,31)32)15-36(35-27)10-11-40-19-5-6-19/h4,7-9,12-15,19H,5-6,10-11,16H2,1-3H3,(H,34,37). The van der Waals surface area contributed by atoms with Gasteiger partial charge in [0.05, 0.1) is 45.2 Å². The molecule has 1 aliphatic carbocycles. The van der Waals surface area contributed by atoms with E-state index < -0.39 is 18.7 Å². The normalized spacial score (nSPS) is 13.2. The van der Waals surface area contributed by atoms with Crippen molar-refractivity contribution in [2.75, 3.05) is 32.8 Å². The molecule has 10 nitrogen and oxygen atoms in total. The number of rotatable bonds is 12. The van der Waals surface area contributed by atoms with Gasteiger partial charge in [-0.15, -0.1) is 0 Å². The summed E-state index contributed by atoms with van der Waals surface area (Å²) in [6.45, 7) is 0.828. The average Bonchev–Trinajstić information content (AvgIpc) is 3.69. The minimum atomic E-state index is -4.57. The SMILES string of the molecule is COc1cc2nccc(Oc3ccc(NC(=O)c4nn(CCOC5CC5)cc4OCC(F)(F)F)cc3C)c2cc1OC. The highest BCUT2D eigenvalue weighted by molar-refractivity contribution is 6.04. The number of ether oxygens (including phenoxy) is 5. The molecule has 1 amide bonds. The number of carbonyl (C=O) groups is 1. The predicted octanol–water partition coefficient (Wildman–Crippen LogP) is 5.92. The van der Waals surface area contributed by atoms with Crippen LogP contribution in [0.2, 0.25) is 0 Å². The maximum absolute atomic E-state index is 13.1. The van der Waals surface area contributed by atoms with E-state index >= 15 is 0 Å². The van der Waals surface area contributed by atoms with E-state index in [0.29, 0.717) is 51.8 Å². The molecule has 0 saturated heterocycles. The van der Waals surface area contributed by atoms with Crippen molar-refractivity contribution >= 4 is 22.5 Å². The molecular weight excluding hydrogens is 557 g/mol. The molecule has 42 heavy (non-hydrogen) atoms. The molecule has 0 spiro atoms. The third-order valence-electron chi connectivity index (χ3n) is 6.39. The molecule has 13 heteroatoms. The van der Waals surface area contributed by atoms with E-state index in [9.17, 15) is 18.0 Å². The first-order valence-electron chi connectivity index (χ1n) is 13.1. The Hall–Kier alpha value is -4.52. The summed E-state index contributed by atoms with van der Waals surface area (Å²) in [4.78, 5) is 17.4. The molecule has 0 aliphatic heterocycles. The average molecular weight is 587 g/mol. The van der Waals surface area contributed by atoms with Gasteiger partial charge in [-0.25, -0.2) is 0 Å². The molecule has 2 aromatic heterocycles. The number of carbonyl (C=O) groups excluding carboxylic acids is 1. The van der Waals surface area contributed by atoms with Crippen LogP contribution in [0.1, 0.15) is 28.9 Å². The molecule has 5 rings (SSSR count). The van der Waals surface area contributed by atoms with E-state index in [1.165, 1.54) is 18.0 Å². The van der Waals surface area contributed by atoms with E-state index in [0.717, 1.165) is 12.8 Å². The van der Waals surface area contributed by atoms with Crippen LogP contribution in [-0.4, -0.2) is 60.4 Å². The molecule has 222 valence electrons. The van der Waals surface area contributed by atoms with Gasteiger partial charge in [0.25, 0.3) is 5.91 Å². The number of fused-ring (bicyclic) bond motifs is 1. The molecule has 0 atom stereocenters. The number of alkyl halides is 3. The quantitative estimate of drug-likeness (QED) is 0.218.